The van der Waals surface area contributed by atoms with Crippen molar-refractivity contribution in [2.45, 2.75) is 51.4 Å². The highest BCUT2D eigenvalue weighted by Gasteiger charge is 2.37. The van der Waals surface area contributed by atoms with Crippen LogP contribution in [-0.4, -0.2) is 74.0 Å². The summed E-state index contributed by atoms with van der Waals surface area (Å²) in [5.74, 6) is 2.49. The molecule has 1 fully saturated rings. The molecule has 1 saturated heterocycles. The van der Waals surface area contributed by atoms with Crippen LogP contribution in [0.2, 0.25) is 0 Å². The van der Waals surface area contributed by atoms with Crippen molar-refractivity contribution in [1.29, 1.82) is 0 Å². The number of carbonyl (C=O) groups is 1. The first-order valence-electron chi connectivity index (χ1n) is 10.3. The Morgan fingerprint density at radius 2 is 2.00 bits per heavy atom. The number of aliphatic hydroxyl groups is 1. The van der Waals surface area contributed by atoms with Crippen LogP contribution in [0.3, 0.4) is 0 Å². The highest BCUT2D eigenvalue weighted by Crippen LogP contribution is 2.33. The van der Waals surface area contributed by atoms with Crippen molar-refractivity contribution in [3.05, 3.63) is 42.0 Å². The minimum atomic E-state index is -0.339. The third-order valence-corrected chi connectivity index (χ3v) is 5.79. The predicted octanol–water partition coefficient (Wildman–Crippen LogP) is 1.26. The Morgan fingerprint density at radius 1 is 1.21 bits per heavy atom. The van der Waals surface area contributed by atoms with Crippen molar-refractivity contribution in [2.75, 3.05) is 26.2 Å². The lowest BCUT2D eigenvalue weighted by molar-refractivity contribution is -0.133. The molecule has 0 radical (unpaired) electrons. The molecule has 1 N–H and O–H groups in total. The second-order valence-corrected chi connectivity index (χ2v) is 8.05. The molecule has 3 heterocycles. The van der Waals surface area contributed by atoms with E-state index in [2.05, 4.69) is 33.5 Å². The van der Waals surface area contributed by atoms with Crippen molar-refractivity contribution in [3.8, 4) is 5.75 Å². The molecule has 0 saturated carbocycles. The predicted molar refractivity (Wildman–Crippen MR) is 107 cm³/mol. The summed E-state index contributed by atoms with van der Waals surface area (Å²) in [6.45, 7) is 6.84. The first-order valence-corrected chi connectivity index (χ1v) is 10.3. The first-order chi connectivity index (χ1) is 14.0. The molecule has 0 aliphatic carbocycles. The lowest BCUT2D eigenvalue weighted by Crippen LogP contribution is -2.37. The zero-order chi connectivity index (χ0) is 20.4. The fraction of sp³-hybridized carbons (Fsp3) is 0.571. The lowest BCUT2D eigenvalue weighted by Gasteiger charge is -2.27. The fourth-order valence-corrected chi connectivity index (χ4v) is 4.26. The number of benzene rings is 1. The third-order valence-electron chi connectivity index (χ3n) is 5.79. The third kappa shape index (κ3) is 4.28. The molecule has 2 aliphatic rings. The average molecular weight is 399 g/mol. The molecule has 2 aliphatic heterocycles. The Bertz CT molecular complexity index is 838. The number of aliphatic hydroxyl groups excluding tert-OH is 1. The van der Waals surface area contributed by atoms with Gasteiger partial charge in [-0.3, -0.25) is 9.69 Å². The molecule has 1 amide bonds. The number of likely N-dealkylation sites (tertiary alicyclic amines) is 1. The normalized spacial score (nSPS) is 22.6. The fourth-order valence-electron chi connectivity index (χ4n) is 4.26. The highest BCUT2D eigenvalue weighted by atomic mass is 16.5. The molecule has 156 valence electrons. The van der Waals surface area contributed by atoms with Gasteiger partial charge in [0.2, 0.25) is 0 Å². The molecule has 1 aromatic heterocycles. The number of ether oxygens (including phenoxy) is 1. The van der Waals surface area contributed by atoms with Crippen LogP contribution in [0.25, 0.3) is 0 Å². The Labute approximate surface area is 171 Å². The van der Waals surface area contributed by atoms with Crippen LogP contribution in [-0.2, 0) is 17.8 Å². The number of aromatic nitrogens is 3. The summed E-state index contributed by atoms with van der Waals surface area (Å²) >= 11 is 0. The molecule has 0 unspecified atom stereocenters. The van der Waals surface area contributed by atoms with E-state index in [0.29, 0.717) is 50.8 Å². The van der Waals surface area contributed by atoms with Crippen molar-refractivity contribution >= 4 is 5.91 Å². The molecule has 8 nitrogen and oxygen atoms in total. The number of β-amino-alcohol motifs (C(OH)–C–C–N with tert-alkyl or cyclic N) is 1. The van der Waals surface area contributed by atoms with Crippen molar-refractivity contribution in [1.82, 2.24) is 24.6 Å². The maximum atomic E-state index is 12.6. The van der Waals surface area contributed by atoms with Gasteiger partial charge < -0.3 is 19.3 Å². The summed E-state index contributed by atoms with van der Waals surface area (Å²) in [5, 5.41) is 19.0. The Hall–Kier alpha value is -2.45. The summed E-state index contributed by atoms with van der Waals surface area (Å²) < 4.78 is 7.76. The van der Waals surface area contributed by atoms with E-state index in [1.807, 2.05) is 35.2 Å². The van der Waals surface area contributed by atoms with Crippen LogP contribution < -0.4 is 4.74 Å². The summed E-state index contributed by atoms with van der Waals surface area (Å²) in [4.78, 5) is 16.8. The molecule has 4 rings (SSSR count). The van der Waals surface area contributed by atoms with Gasteiger partial charge in [-0.05, 0) is 32.4 Å². The van der Waals surface area contributed by atoms with Crippen molar-refractivity contribution in [3.63, 3.8) is 0 Å². The van der Waals surface area contributed by atoms with E-state index in [4.69, 9.17) is 4.74 Å². The summed E-state index contributed by atoms with van der Waals surface area (Å²) in [7, 11) is 0. The topological polar surface area (TPSA) is 83.7 Å². The number of amides is 1. The van der Waals surface area contributed by atoms with E-state index >= 15 is 0 Å². The molecular formula is C21H29N5O3. The van der Waals surface area contributed by atoms with E-state index in [0.717, 1.165) is 11.6 Å². The van der Waals surface area contributed by atoms with Gasteiger partial charge in [0.25, 0.3) is 5.91 Å². The molecule has 2 aromatic rings. The summed E-state index contributed by atoms with van der Waals surface area (Å²) in [5.41, 5.74) is 0. The van der Waals surface area contributed by atoms with Gasteiger partial charge in [0.1, 0.15) is 11.6 Å². The average Bonchev–Trinajstić information content (AvgIpc) is 3.23. The number of nitrogens with zero attached hydrogens (tertiary/aromatic N) is 5. The lowest BCUT2D eigenvalue weighted by atomic mass is 10.1. The largest absolute Gasteiger partial charge is 0.484 e. The number of hydrogen-bond donors (Lipinski definition) is 1. The minimum absolute atomic E-state index is 0.0192. The quantitative estimate of drug-likeness (QED) is 0.815. The zero-order valence-electron chi connectivity index (χ0n) is 17.1. The minimum Gasteiger partial charge on any atom is -0.484 e. The van der Waals surface area contributed by atoms with E-state index in [9.17, 15) is 9.90 Å². The number of fused-ring (bicyclic) bond motifs is 1. The van der Waals surface area contributed by atoms with Crippen LogP contribution >= 0.6 is 0 Å². The van der Waals surface area contributed by atoms with Crippen LogP contribution in [0.15, 0.2) is 30.3 Å². The summed E-state index contributed by atoms with van der Waals surface area (Å²) in [6.07, 6.45) is 1.000. The van der Waals surface area contributed by atoms with Gasteiger partial charge in [-0.15, -0.1) is 10.2 Å². The highest BCUT2D eigenvalue weighted by molar-refractivity contribution is 5.77. The Morgan fingerprint density at radius 3 is 2.76 bits per heavy atom. The van der Waals surface area contributed by atoms with Crippen molar-refractivity contribution in [2.24, 2.45) is 0 Å². The van der Waals surface area contributed by atoms with E-state index in [-0.39, 0.29) is 24.7 Å². The smallest absolute Gasteiger partial charge is 0.260 e. The summed E-state index contributed by atoms with van der Waals surface area (Å²) in [6, 6.07) is 9.78. The van der Waals surface area contributed by atoms with Gasteiger partial charge in [0, 0.05) is 38.6 Å². The number of carbonyl (C=O) groups excluding carboxylic acids is 1. The maximum Gasteiger partial charge on any atom is 0.260 e. The molecule has 0 spiro atoms. The zero-order valence-corrected chi connectivity index (χ0v) is 17.1. The second kappa shape index (κ2) is 8.51. The molecular weight excluding hydrogens is 370 g/mol. The Kier molecular flexibility index (Phi) is 5.82. The first kappa shape index (κ1) is 19.8. The van der Waals surface area contributed by atoms with Gasteiger partial charge in [0.05, 0.1) is 12.1 Å². The monoisotopic (exact) mass is 399 g/mol. The molecule has 1 aromatic carbocycles. The van der Waals surface area contributed by atoms with Gasteiger partial charge in [-0.2, -0.15) is 0 Å². The van der Waals surface area contributed by atoms with E-state index in [1.165, 1.54) is 0 Å². The molecule has 8 heteroatoms. The van der Waals surface area contributed by atoms with Crippen LogP contribution in [0, 0.1) is 0 Å². The Balaban J connectivity index is 1.41. The van der Waals surface area contributed by atoms with Gasteiger partial charge >= 0.3 is 0 Å². The second-order valence-electron chi connectivity index (χ2n) is 8.05. The van der Waals surface area contributed by atoms with Crippen molar-refractivity contribution < 1.29 is 14.6 Å². The number of hydrogen-bond acceptors (Lipinski definition) is 6. The van der Waals surface area contributed by atoms with Crippen LogP contribution in [0.4, 0.5) is 0 Å². The van der Waals surface area contributed by atoms with Crippen LogP contribution in [0.5, 0.6) is 5.75 Å². The van der Waals surface area contributed by atoms with E-state index in [1.54, 1.807) is 0 Å². The molecule has 0 bridgehead atoms. The number of rotatable bonds is 5. The maximum absolute atomic E-state index is 12.6. The molecule has 2 atom stereocenters. The number of para-hydroxylation sites is 1. The standard InChI is InChI=1S/C21H29N5O3/c1-15(2)26-13-16(27)12-18(26)21-23-22-19-8-9-24(10-11-25(19)21)20(28)14-29-17-6-4-3-5-7-17/h3-7,15-16,18,27H,8-14H2,1-2H3/t16-,18+/m1/s1. The SMILES string of the molecule is CC(C)N1C[C@H](O)C[C@H]1c1nnc2n1CCN(C(=O)COc1ccccc1)CC2. The van der Waals surface area contributed by atoms with E-state index < -0.39 is 0 Å². The van der Waals surface area contributed by atoms with Gasteiger partial charge in [-0.1, -0.05) is 18.2 Å². The molecule has 29 heavy (non-hydrogen) atoms. The van der Waals surface area contributed by atoms with Gasteiger partial charge in [0.15, 0.2) is 12.4 Å². The van der Waals surface area contributed by atoms with Gasteiger partial charge in [-0.25, -0.2) is 0 Å². The van der Waals surface area contributed by atoms with Crippen LogP contribution in [0.1, 0.15) is 38.0 Å².